The molecular formula is C21H17IN2O4. The van der Waals surface area contributed by atoms with Crippen LogP contribution in [0, 0.1) is 17.4 Å². The summed E-state index contributed by atoms with van der Waals surface area (Å²) in [6, 6.07) is 13.8. The fourth-order valence-corrected chi connectivity index (χ4v) is 3.33. The summed E-state index contributed by atoms with van der Waals surface area (Å²) >= 11 is 2.23. The third kappa shape index (κ3) is 4.14. The van der Waals surface area contributed by atoms with Gasteiger partial charge in [0.15, 0.2) is 0 Å². The van der Waals surface area contributed by atoms with Crippen molar-refractivity contribution in [2.75, 3.05) is 0 Å². The normalized spacial score (nSPS) is 11.1. The number of carbonyl (C=O) groups is 2. The van der Waals surface area contributed by atoms with Crippen molar-refractivity contribution < 1.29 is 19.8 Å². The van der Waals surface area contributed by atoms with E-state index in [1.54, 1.807) is 6.21 Å². The van der Waals surface area contributed by atoms with Gasteiger partial charge in [-0.1, -0.05) is 0 Å². The van der Waals surface area contributed by atoms with E-state index >= 15 is 0 Å². The first-order chi connectivity index (χ1) is 13.3. The van der Waals surface area contributed by atoms with Gasteiger partial charge in [0, 0.05) is 32.4 Å². The molecule has 0 bridgehead atoms. The molecule has 3 rings (SSSR count). The van der Waals surface area contributed by atoms with Gasteiger partial charge in [-0.15, -0.1) is 0 Å². The van der Waals surface area contributed by atoms with Gasteiger partial charge in [0.25, 0.3) is 0 Å². The standard InChI is InChI=1S/C21H17IN2O4/c1-12-7-16(11-23-18-5-3-17(22)4-6-18)13(2)24(12)19-9-14(20(25)26)8-15(10-19)21(27)28/h3-11H,1-2H3,(H,25,26)(H,27,28). The van der Waals surface area contributed by atoms with Crippen molar-refractivity contribution in [3.63, 3.8) is 0 Å². The molecule has 0 saturated heterocycles. The molecule has 6 nitrogen and oxygen atoms in total. The largest absolute Gasteiger partial charge is 0.478 e. The number of hydrogen-bond acceptors (Lipinski definition) is 3. The Morgan fingerprint density at radius 1 is 0.964 bits per heavy atom. The number of aromatic carboxylic acids is 2. The van der Waals surface area contributed by atoms with Gasteiger partial charge >= 0.3 is 11.9 Å². The number of halogens is 1. The van der Waals surface area contributed by atoms with Gasteiger partial charge in [0.1, 0.15) is 0 Å². The van der Waals surface area contributed by atoms with E-state index in [0.717, 1.165) is 32.3 Å². The molecule has 0 aliphatic carbocycles. The third-order valence-electron chi connectivity index (χ3n) is 4.32. The van der Waals surface area contributed by atoms with Crippen molar-refractivity contribution in [2.24, 2.45) is 4.99 Å². The molecule has 3 aromatic rings. The second kappa shape index (κ2) is 7.97. The lowest BCUT2D eigenvalue weighted by Crippen LogP contribution is -2.07. The molecule has 0 fully saturated rings. The Bertz CT molecular complexity index is 1070. The molecule has 0 radical (unpaired) electrons. The molecule has 2 N–H and O–H groups in total. The maximum absolute atomic E-state index is 11.4. The lowest BCUT2D eigenvalue weighted by Gasteiger charge is -2.12. The minimum atomic E-state index is -1.17. The van der Waals surface area contributed by atoms with Crippen LogP contribution in [-0.2, 0) is 0 Å². The van der Waals surface area contributed by atoms with E-state index < -0.39 is 11.9 Å². The monoisotopic (exact) mass is 488 g/mol. The smallest absolute Gasteiger partial charge is 0.335 e. The first-order valence-electron chi connectivity index (χ1n) is 8.37. The van der Waals surface area contributed by atoms with E-state index in [1.165, 1.54) is 12.1 Å². The zero-order chi connectivity index (χ0) is 20.4. The van der Waals surface area contributed by atoms with Crippen LogP contribution in [-0.4, -0.2) is 32.9 Å². The summed E-state index contributed by atoms with van der Waals surface area (Å²) in [5.74, 6) is -2.35. The van der Waals surface area contributed by atoms with Crippen LogP contribution in [0.15, 0.2) is 53.5 Å². The van der Waals surface area contributed by atoms with Crippen LogP contribution in [0.4, 0.5) is 5.69 Å². The molecule has 2 aromatic carbocycles. The number of rotatable bonds is 5. The molecule has 0 saturated carbocycles. The van der Waals surface area contributed by atoms with Crippen LogP contribution < -0.4 is 0 Å². The summed E-state index contributed by atoms with van der Waals surface area (Å²) in [7, 11) is 0. The molecule has 0 unspecified atom stereocenters. The van der Waals surface area contributed by atoms with E-state index in [1.807, 2.05) is 48.7 Å². The van der Waals surface area contributed by atoms with Crippen LogP contribution in [0.25, 0.3) is 5.69 Å². The second-order valence-corrected chi connectivity index (χ2v) is 7.52. The molecule has 1 aromatic heterocycles. The molecular weight excluding hydrogens is 471 g/mol. The number of carboxylic acids is 2. The Balaban J connectivity index is 2.06. The summed E-state index contributed by atoms with van der Waals surface area (Å²) in [5, 5.41) is 18.6. The maximum Gasteiger partial charge on any atom is 0.335 e. The van der Waals surface area contributed by atoms with Crippen molar-refractivity contribution in [2.45, 2.75) is 13.8 Å². The van der Waals surface area contributed by atoms with E-state index in [-0.39, 0.29) is 11.1 Å². The van der Waals surface area contributed by atoms with E-state index in [9.17, 15) is 19.8 Å². The predicted molar refractivity (Wildman–Crippen MR) is 116 cm³/mol. The van der Waals surface area contributed by atoms with Gasteiger partial charge in [0.2, 0.25) is 0 Å². The summed E-state index contributed by atoms with van der Waals surface area (Å²) in [5.41, 5.74) is 3.72. The van der Waals surface area contributed by atoms with Crippen molar-refractivity contribution in [3.8, 4) is 5.69 Å². The highest BCUT2D eigenvalue weighted by molar-refractivity contribution is 14.1. The van der Waals surface area contributed by atoms with E-state index in [4.69, 9.17) is 0 Å². The number of aliphatic imine (C=N–C) groups is 1. The predicted octanol–water partition coefficient (Wildman–Crippen LogP) is 4.85. The third-order valence-corrected chi connectivity index (χ3v) is 5.04. The van der Waals surface area contributed by atoms with Crippen LogP contribution in [0.1, 0.15) is 37.7 Å². The van der Waals surface area contributed by atoms with E-state index in [0.29, 0.717) is 5.69 Å². The highest BCUT2D eigenvalue weighted by Crippen LogP contribution is 2.23. The topological polar surface area (TPSA) is 91.9 Å². The lowest BCUT2D eigenvalue weighted by molar-refractivity contribution is 0.0696. The highest BCUT2D eigenvalue weighted by atomic mass is 127. The van der Waals surface area contributed by atoms with Gasteiger partial charge in [-0.05, 0) is 85.0 Å². The first kappa shape index (κ1) is 19.8. The molecule has 0 amide bonds. The maximum atomic E-state index is 11.4. The quantitative estimate of drug-likeness (QED) is 0.397. The molecule has 7 heteroatoms. The van der Waals surface area contributed by atoms with Crippen LogP contribution >= 0.6 is 22.6 Å². The number of nitrogens with zero attached hydrogens (tertiary/aromatic N) is 2. The highest BCUT2D eigenvalue weighted by Gasteiger charge is 2.15. The van der Waals surface area contributed by atoms with Crippen molar-refractivity contribution in [1.82, 2.24) is 4.57 Å². The van der Waals surface area contributed by atoms with Crippen LogP contribution in [0.3, 0.4) is 0 Å². The molecule has 28 heavy (non-hydrogen) atoms. The molecule has 0 aliphatic heterocycles. The summed E-state index contributed by atoms with van der Waals surface area (Å²) in [6.07, 6.45) is 1.75. The molecule has 142 valence electrons. The van der Waals surface area contributed by atoms with Gasteiger partial charge in [-0.2, -0.15) is 0 Å². The lowest BCUT2D eigenvalue weighted by atomic mass is 10.1. The SMILES string of the molecule is Cc1cc(C=Nc2ccc(I)cc2)c(C)n1-c1cc(C(=O)O)cc(C(=O)O)c1. The number of aryl methyl sites for hydroxylation is 1. The van der Waals surface area contributed by atoms with Crippen LogP contribution in [0.2, 0.25) is 0 Å². The van der Waals surface area contributed by atoms with Gasteiger partial charge in [0.05, 0.1) is 16.8 Å². The summed E-state index contributed by atoms with van der Waals surface area (Å²) < 4.78 is 2.95. The molecule has 0 atom stereocenters. The molecule has 0 spiro atoms. The van der Waals surface area contributed by atoms with Crippen molar-refractivity contribution in [1.29, 1.82) is 0 Å². The Kier molecular flexibility index (Phi) is 5.64. The van der Waals surface area contributed by atoms with E-state index in [2.05, 4.69) is 27.6 Å². The Morgan fingerprint density at radius 3 is 2.07 bits per heavy atom. The average Bonchev–Trinajstić information content (AvgIpc) is 2.94. The van der Waals surface area contributed by atoms with Crippen LogP contribution in [0.5, 0.6) is 0 Å². The van der Waals surface area contributed by atoms with Crippen molar-refractivity contribution in [3.05, 3.63) is 80.2 Å². The molecule has 0 aliphatic rings. The minimum absolute atomic E-state index is 0.0727. The summed E-state index contributed by atoms with van der Waals surface area (Å²) in [6.45, 7) is 3.76. The summed E-state index contributed by atoms with van der Waals surface area (Å²) in [4.78, 5) is 27.3. The number of carboxylic acid groups (broad SMARTS) is 2. The Morgan fingerprint density at radius 2 is 1.54 bits per heavy atom. The number of hydrogen-bond donors (Lipinski definition) is 2. The fraction of sp³-hybridized carbons (Fsp3) is 0.0952. The first-order valence-corrected chi connectivity index (χ1v) is 9.45. The number of aromatic nitrogens is 1. The number of benzene rings is 2. The average molecular weight is 488 g/mol. The Hall–Kier alpha value is -2.94. The Labute approximate surface area is 175 Å². The zero-order valence-corrected chi connectivity index (χ0v) is 17.3. The second-order valence-electron chi connectivity index (χ2n) is 6.28. The fourth-order valence-electron chi connectivity index (χ4n) is 2.97. The molecule has 1 heterocycles. The van der Waals surface area contributed by atoms with Gasteiger partial charge in [-0.25, -0.2) is 9.59 Å². The van der Waals surface area contributed by atoms with Gasteiger partial charge < -0.3 is 14.8 Å². The van der Waals surface area contributed by atoms with Gasteiger partial charge in [-0.3, -0.25) is 4.99 Å². The zero-order valence-electron chi connectivity index (χ0n) is 15.2. The minimum Gasteiger partial charge on any atom is -0.478 e. The van der Waals surface area contributed by atoms with Crippen molar-refractivity contribution >= 4 is 46.4 Å².